The Bertz CT molecular complexity index is 281. The molecular formula is C11H18ClNO2. The normalized spacial score (nSPS) is 22.5. The number of hydrogen-bond donors (Lipinski definition) is 1. The van der Waals surface area contributed by atoms with Crippen LogP contribution in [0.2, 0.25) is 0 Å². The second kappa shape index (κ2) is 4.44. The topological polar surface area (TPSA) is 40.5 Å². The monoisotopic (exact) mass is 231 g/mol. The molecule has 4 heteroatoms. The average Bonchev–Trinajstić information content (AvgIpc) is 2.15. The molecule has 15 heavy (non-hydrogen) atoms. The van der Waals surface area contributed by atoms with Crippen LogP contribution in [0.1, 0.15) is 27.2 Å². The van der Waals surface area contributed by atoms with E-state index >= 15 is 0 Å². The highest BCUT2D eigenvalue weighted by Gasteiger charge is 2.35. The van der Waals surface area contributed by atoms with E-state index in [-0.39, 0.29) is 11.5 Å². The van der Waals surface area contributed by atoms with E-state index in [0.29, 0.717) is 12.4 Å². The van der Waals surface area contributed by atoms with Crippen molar-refractivity contribution in [1.29, 1.82) is 0 Å². The lowest BCUT2D eigenvalue weighted by molar-refractivity contribution is 0.0848. The zero-order valence-electron chi connectivity index (χ0n) is 9.46. The third-order valence-corrected chi connectivity index (χ3v) is 3.17. The number of hydrogen-bond acceptors (Lipinski definition) is 1. The van der Waals surface area contributed by atoms with E-state index in [1.54, 1.807) is 0 Å². The van der Waals surface area contributed by atoms with Crippen molar-refractivity contribution in [2.45, 2.75) is 33.2 Å². The van der Waals surface area contributed by atoms with Crippen LogP contribution in [0.15, 0.2) is 11.6 Å². The summed E-state index contributed by atoms with van der Waals surface area (Å²) in [5.41, 5.74) is 1.10. The Hall–Kier alpha value is -0.700. The van der Waals surface area contributed by atoms with E-state index in [4.69, 9.17) is 16.7 Å². The first-order chi connectivity index (χ1) is 6.86. The minimum absolute atomic E-state index is 0.0220. The molecule has 1 aliphatic rings. The Balaban J connectivity index is 2.90. The zero-order chi connectivity index (χ0) is 11.6. The van der Waals surface area contributed by atoms with Crippen molar-refractivity contribution in [3.05, 3.63) is 11.6 Å². The fourth-order valence-corrected chi connectivity index (χ4v) is 2.11. The summed E-state index contributed by atoms with van der Waals surface area (Å²) in [7, 11) is 0. The highest BCUT2D eigenvalue weighted by Crippen LogP contribution is 2.32. The Morgan fingerprint density at radius 2 is 2.27 bits per heavy atom. The van der Waals surface area contributed by atoms with Gasteiger partial charge in [-0.25, -0.2) is 4.79 Å². The Kier molecular flexibility index (Phi) is 3.66. The largest absolute Gasteiger partial charge is 0.465 e. The van der Waals surface area contributed by atoms with E-state index in [2.05, 4.69) is 20.8 Å². The molecule has 0 saturated carbocycles. The Labute approximate surface area is 95.7 Å². The summed E-state index contributed by atoms with van der Waals surface area (Å²) >= 11 is 5.79. The summed E-state index contributed by atoms with van der Waals surface area (Å²) in [6.07, 6.45) is 1.82. The minimum Gasteiger partial charge on any atom is -0.465 e. The van der Waals surface area contributed by atoms with Crippen LogP contribution in [0.3, 0.4) is 0 Å². The maximum Gasteiger partial charge on any atom is 0.407 e. The summed E-state index contributed by atoms with van der Waals surface area (Å²) in [5.74, 6) is 0.500. The van der Waals surface area contributed by atoms with E-state index in [0.717, 1.165) is 12.0 Å². The lowest BCUT2D eigenvalue weighted by Gasteiger charge is -2.41. The summed E-state index contributed by atoms with van der Waals surface area (Å²) in [6, 6.07) is 0.0220. The molecule has 0 saturated heterocycles. The minimum atomic E-state index is -0.847. The van der Waals surface area contributed by atoms with Crippen molar-refractivity contribution in [2.24, 2.45) is 5.41 Å². The van der Waals surface area contributed by atoms with Crippen LogP contribution in [0.5, 0.6) is 0 Å². The third kappa shape index (κ3) is 2.88. The van der Waals surface area contributed by atoms with Crippen molar-refractivity contribution in [1.82, 2.24) is 4.90 Å². The van der Waals surface area contributed by atoms with Crippen molar-refractivity contribution >= 4 is 17.7 Å². The number of nitrogens with zero attached hydrogens (tertiary/aromatic N) is 1. The average molecular weight is 232 g/mol. The molecule has 1 rings (SSSR count). The molecule has 1 heterocycles. The maximum atomic E-state index is 11.1. The van der Waals surface area contributed by atoms with Gasteiger partial charge in [-0.15, -0.1) is 11.6 Å². The van der Waals surface area contributed by atoms with Crippen LogP contribution >= 0.6 is 11.6 Å². The molecule has 0 spiro atoms. The van der Waals surface area contributed by atoms with E-state index in [1.165, 1.54) is 4.90 Å². The lowest BCUT2D eigenvalue weighted by Crippen LogP contribution is -2.49. The first kappa shape index (κ1) is 12.4. The molecule has 0 bridgehead atoms. The van der Waals surface area contributed by atoms with Gasteiger partial charge < -0.3 is 10.0 Å². The summed E-state index contributed by atoms with van der Waals surface area (Å²) in [6.45, 7) is 6.64. The fourth-order valence-electron chi connectivity index (χ4n) is 1.89. The van der Waals surface area contributed by atoms with Crippen LogP contribution in [-0.4, -0.2) is 34.6 Å². The fraction of sp³-hybridized carbons (Fsp3) is 0.727. The molecule has 0 aromatic heterocycles. The van der Waals surface area contributed by atoms with Crippen molar-refractivity contribution in [3.8, 4) is 0 Å². The van der Waals surface area contributed by atoms with Gasteiger partial charge in [0.15, 0.2) is 0 Å². The van der Waals surface area contributed by atoms with Crippen molar-refractivity contribution in [3.63, 3.8) is 0 Å². The van der Waals surface area contributed by atoms with Gasteiger partial charge >= 0.3 is 6.09 Å². The Morgan fingerprint density at radius 3 is 2.67 bits per heavy atom. The van der Waals surface area contributed by atoms with Crippen LogP contribution in [0, 0.1) is 5.41 Å². The highest BCUT2D eigenvalue weighted by molar-refractivity contribution is 6.19. The molecule has 3 nitrogen and oxygen atoms in total. The number of rotatable bonds is 1. The smallest absolute Gasteiger partial charge is 0.407 e. The molecule has 1 N–H and O–H groups in total. The number of halogens is 1. The summed E-state index contributed by atoms with van der Waals surface area (Å²) in [5, 5.41) is 9.09. The third-order valence-electron chi connectivity index (χ3n) is 2.83. The molecule has 0 fully saturated rings. The molecular weight excluding hydrogens is 214 g/mol. The van der Waals surface area contributed by atoms with Gasteiger partial charge in [0.05, 0.1) is 0 Å². The predicted octanol–water partition coefficient (Wildman–Crippen LogP) is 2.95. The van der Waals surface area contributed by atoms with E-state index in [9.17, 15) is 4.79 Å². The summed E-state index contributed by atoms with van der Waals surface area (Å²) < 4.78 is 0. The van der Waals surface area contributed by atoms with E-state index < -0.39 is 6.09 Å². The van der Waals surface area contributed by atoms with Gasteiger partial charge in [0.2, 0.25) is 0 Å². The van der Waals surface area contributed by atoms with Gasteiger partial charge in [-0.3, -0.25) is 0 Å². The molecule has 1 amide bonds. The number of amides is 1. The molecule has 0 aromatic carbocycles. The number of carboxylic acid groups (broad SMARTS) is 1. The van der Waals surface area contributed by atoms with Crippen LogP contribution in [-0.2, 0) is 0 Å². The van der Waals surface area contributed by atoms with Gasteiger partial charge in [-0.05, 0) is 11.8 Å². The molecule has 0 aromatic rings. The summed E-state index contributed by atoms with van der Waals surface area (Å²) in [4.78, 5) is 12.6. The second-order valence-electron chi connectivity index (χ2n) is 5.02. The van der Waals surface area contributed by atoms with Crippen molar-refractivity contribution < 1.29 is 9.90 Å². The van der Waals surface area contributed by atoms with Gasteiger partial charge in [0.25, 0.3) is 0 Å². The SMILES string of the molecule is CC(C)(C)C1CC(CCl)=CCN1C(=O)O. The molecule has 0 radical (unpaired) electrons. The van der Waals surface area contributed by atoms with Crippen LogP contribution in [0.25, 0.3) is 0 Å². The quantitative estimate of drug-likeness (QED) is 0.557. The molecule has 1 aliphatic heterocycles. The molecule has 1 atom stereocenters. The second-order valence-corrected chi connectivity index (χ2v) is 5.28. The van der Waals surface area contributed by atoms with Crippen LogP contribution < -0.4 is 0 Å². The lowest BCUT2D eigenvalue weighted by atomic mass is 9.80. The van der Waals surface area contributed by atoms with Gasteiger partial charge in [0, 0.05) is 18.5 Å². The van der Waals surface area contributed by atoms with Crippen LogP contribution in [0.4, 0.5) is 4.79 Å². The maximum absolute atomic E-state index is 11.1. The van der Waals surface area contributed by atoms with Gasteiger partial charge in [-0.2, -0.15) is 0 Å². The Morgan fingerprint density at radius 1 is 1.67 bits per heavy atom. The molecule has 0 aliphatic carbocycles. The van der Waals surface area contributed by atoms with Gasteiger partial charge in [-0.1, -0.05) is 32.4 Å². The molecule has 86 valence electrons. The zero-order valence-corrected chi connectivity index (χ0v) is 10.2. The highest BCUT2D eigenvalue weighted by atomic mass is 35.5. The van der Waals surface area contributed by atoms with E-state index in [1.807, 2.05) is 6.08 Å². The number of alkyl halides is 1. The molecule has 1 unspecified atom stereocenters. The van der Waals surface area contributed by atoms with Gasteiger partial charge in [0.1, 0.15) is 0 Å². The predicted molar refractivity (Wildman–Crippen MR) is 61.4 cm³/mol. The first-order valence-electron chi connectivity index (χ1n) is 5.09. The van der Waals surface area contributed by atoms with Crippen molar-refractivity contribution in [2.75, 3.05) is 12.4 Å². The number of carbonyl (C=O) groups is 1. The standard InChI is InChI=1S/C11H18ClNO2/c1-11(2,3)9-6-8(7-12)4-5-13(9)10(14)15/h4,9H,5-7H2,1-3H3,(H,14,15). The first-order valence-corrected chi connectivity index (χ1v) is 5.63.